The van der Waals surface area contributed by atoms with Crippen LogP contribution in [0.5, 0.6) is 0 Å². The highest BCUT2D eigenvalue weighted by Crippen LogP contribution is 2.22. The molecule has 0 atom stereocenters. The highest BCUT2D eigenvalue weighted by Gasteiger charge is 2.41. The van der Waals surface area contributed by atoms with Crippen molar-refractivity contribution >= 4 is 11.9 Å². The molecule has 24 heavy (non-hydrogen) atoms. The number of carboxylic acids is 1. The van der Waals surface area contributed by atoms with Crippen LogP contribution in [-0.4, -0.2) is 45.5 Å². The van der Waals surface area contributed by atoms with E-state index in [1.54, 1.807) is 35.1 Å². The van der Waals surface area contributed by atoms with E-state index in [9.17, 15) is 14.7 Å². The van der Waals surface area contributed by atoms with E-state index in [0.29, 0.717) is 18.8 Å². The van der Waals surface area contributed by atoms with E-state index in [2.05, 4.69) is 10.4 Å². The van der Waals surface area contributed by atoms with Gasteiger partial charge in [-0.05, 0) is 36.8 Å². The van der Waals surface area contributed by atoms with Crippen LogP contribution in [0, 0.1) is 6.92 Å². The van der Waals surface area contributed by atoms with Gasteiger partial charge in [0.15, 0.2) is 0 Å². The molecule has 1 saturated heterocycles. The third-order valence-electron chi connectivity index (χ3n) is 4.21. The maximum Gasteiger partial charge on any atom is 0.329 e. The Morgan fingerprint density at radius 1 is 1.25 bits per heavy atom. The summed E-state index contributed by atoms with van der Waals surface area (Å²) in [7, 11) is 0. The molecule has 0 spiro atoms. The van der Waals surface area contributed by atoms with Crippen molar-refractivity contribution < 1.29 is 19.4 Å². The molecule has 0 radical (unpaired) electrons. The highest BCUT2D eigenvalue weighted by atomic mass is 16.5. The molecule has 1 amide bonds. The van der Waals surface area contributed by atoms with Crippen LogP contribution in [-0.2, 0) is 9.53 Å². The molecular weight excluding hydrogens is 310 g/mol. The minimum atomic E-state index is -1.26. The lowest BCUT2D eigenvalue weighted by Gasteiger charge is -2.33. The number of carboxylic acid groups (broad SMARTS) is 1. The number of rotatable bonds is 4. The van der Waals surface area contributed by atoms with Gasteiger partial charge in [-0.15, -0.1) is 0 Å². The average Bonchev–Trinajstić information content (AvgIpc) is 3.02. The second-order valence-electron chi connectivity index (χ2n) is 5.96. The van der Waals surface area contributed by atoms with Crippen LogP contribution < -0.4 is 5.32 Å². The number of aryl methyl sites for hydroxylation is 1. The Balaban J connectivity index is 1.76. The van der Waals surface area contributed by atoms with Gasteiger partial charge in [-0.2, -0.15) is 5.10 Å². The monoisotopic (exact) mass is 329 g/mol. The average molecular weight is 329 g/mol. The van der Waals surface area contributed by atoms with Gasteiger partial charge in [-0.25, -0.2) is 9.48 Å². The van der Waals surface area contributed by atoms with Gasteiger partial charge < -0.3 is 15.2 Å². The van der Waals surface area contributed by atoms with E-state index in [0.717, 1.165) is 11.3 Å². The summed E-state index contributed by atoms with van der Waals surface area (Å²) in [6.45, 7) is 2.60. The van der Waals surface area contributed by atoms with Gasteiger partial charge in [0, 0.05) is 37.8 Å². The number of amides is 1. The van der Waals surface area contributed by atoms with Crippen molar-refractivity contribution in [2.45, 2.75) is 25.3 Å². The van der Waals surface area contributed by atoms with Gasteiger partial charge in [-0.1, -0.05) is 0 Å². The van der Waals surface area contributed by atoms with Crippen LogP contribution in [0.4, 0.5) is 0 Å². The Kier molecular flexibility index (Phi) is 4.35. The summed E-state index contributed by atoms with van der Waals surface area (Å²) in [5.41, 5.74) is 1.03. The first-order valence-corrected chi connectivity index (χ1v) is 7.76. The molecule has 2 heterocycles. The number of aliphatic carboxylic acids is 1. The predicted molar refractivity (Wildman–Crippen MR) is 86.2 cm³/mol. The van der Waals surface area contributed by atoms with E-state index in [1.807, 2.05) is 13.1 Å². The van der Waals surface area contributed by atoms with Crippen LogP contribution in [0.3, 0.4) is 0 Å². The summed E-state index contributed by atoms with van der Waals surface area (Å²) in [6.07, 6.45) is 4.16. The third kappa shape index (κ3) is 3.16. The zero-order chi connectivity index (χ0) is 17.2. The summed E-state index contributed by atoms with van der Waals surface area (Å²) >= 11 is 0. The number of carbonyl (C=O) groups is 2. The molecule has 0 bridgehead atoms. The van der Waals surface area contributed by atoms with Crippen molar-refractivity contribution in [1.29, 1.82) is 0 Å². The van der Waals surface area contributed by atoms with E-state index in [-0.39, 0.29) is 12.8 Å². The molecule has 0 unspecified atom stereocenters. The molecule has 0 saturated carbocycles. The normalized spacial score (nSPS) is 16.5. The molecule has 7 nitrogen and oxygen atoms in total. The highest BCUT2D eigenvalue weighted by molar-refractivity contribution is 5.98. The zero-order valence-electron chi connectivity index (χ0n) is 13.4. The summed E-state index contributed by atoms with van der Waals surface area (Å²) < 4.78 is 6.92. The standard InChI is InChI=1S/C17H19N3O4/c1-12-10-18-20(11-12)14-4-2-13(3-5-14)15(21)19-17(16(22)23)6-8-24-9-7-17/h2-5,10-11H,6-9H2,1H3,(H,19,21)(H,22,23). The smallest absolute Gasteiger partial charge is 0.329 e. The van der Waals surface area contributed by atoms with Gasteiger partial charge in [0.25, 0.3) is 5.91 Å². The molecule has 7 heteroatoms. The SMILES string of the molecule is Cc1cnn(-c2ccc(C(=O)NC3(C(=O)O)CCOCC3)cc2)c1. The van der Waals surface area contributed by atoms with Crippen molar-refractivity contribution in [1.82, 2.24) is 15.1 Å². The number of hydrogen-bond acceptors (Lipinski definition) is 4. The fourth-order valence-electron chi connectivity index (χ4n) is 2.72. The fourth-order valence-corrected chi connectivity index (χ4v) is 2.72. The second kappa shape index (κ2) is 6.45. The maximum atomic E-state index is 12.4. The molecule has 1 aliphatic rings. The summed E-state index contributed by atoms with van der Waals surface area (Å²) in [4.78, 5) is 24.0. The molecule has 1 aromatic carbocycles. The molecule has 0 aliphatic carbocycles. The number of benzene rings is 1. The summed E-state index contributed by atoms with van der Waals surface area (Å²) in [5.74, 6) is -1.43. The van der Waals surface area contributed by atoms with Crippen LogP contribution in [0.1, 0.15) is 28.8 Å². The van der Waals surface area contributed by atoms with Crippen LogP contribution >= 0.6 is 0 Å². The first-order valence-electron chi connectivity index (χ1n) is 7.76. The Morgan fingerprint density at radius 3 is 2.46 bits per heavy atom. The number of hydrogen-bond donors (Lipinski definition) is 2. The zero-order valence-corrected chi connectivity index (χ0v) is 13.4. The van der Waals surface area contributed by atoms with Crippen molar-refractivity contribution in [2.24, 2.45) is 0 Å². The number of ether oxygens (including phenoxy) is 1. The number of nitrogens with zero attached hydrogens (tertiary/aromatic N) is 2. The molecule has 1 aliphatic heterocycles. The molecule has 126 valence electrons. The molecule has 2 N–H and O–H groups in total. The quantitative estimate of drug-likeness (QED) is 0.887. The Labute approximate surface area is 139 Å². The van der Waals surface area contributed by atoms with Crippen LogP contribution in [0.25, 0.3) is 5.69 Å². The molecular formula is C17H19N3O4. The lowest BCUT2D eigenvalue weighted by atomic mass is 9.89. The lowest BCUT2D eigenvalue weighted by Crippen LogP contribution is -2.57. The molecule has 3 rings (SSSR count). The number of carbonyl (C=O) groups excluding carboxylic acids is 1. The first kappa shape index (κ1) is 16.2. The minimum absolute atomic E-state index is 0.263. The van der Waals surface area contributed by atoms with Crippen LogP contribution in [0.2, 0.25) is 0 Å². The third-order valence-corrected chi connectivity index (χ3v) is 4.21. The fraction of sp³-hybridized carbons (Fsp3) is 0.353. The first-order chi connectivity index (χ1) is 11.5. The maximum absolute atomic E-state index is 12.4. The number of aromatic nitrogens is 2. The van der Waals surface area contributed by atoms with Crippen molar-refractivity contribution in [3.63, 3.8) is 0 Å². The van der Waals surface area contributed by atoms with Gasteiger partial charge >= 0.3 is 5.97 Å². The summed E-state index contributed by atoms with van der Waals surface area (Å²) in [6, 6.07) is 6.88. The van der Waals surface area contributed by atoms with E-state index < -0.39 is 17.4 Å². The Hall–Kier alpha value is -2.67. The van der Waals surface area contributed by atoms with E-state index in [4.69, 9.17) is 4.74 Å². The van der Waals surface area contributed by atoms with Gasteiger partial charge in [0.05, 0.1) is 11.9 Å². The topological polar surface area (TPSA) is 93.5 Å². The largest absolute Gasteiger partial charge is 0.480 e. The Bertz CT molecular complexity index is 745. The summed E-state index contributed by atoms with van der Waals surface area (Å²) in [5, 5.41) is 16.4. The van der Waals surface area contributed by atoms with Gasteiger partial charge in [-0.3, -0.25) is 4.79 Å². The van der Waals surface area contributed by atoms with Gasteiger partial charge in [0.1, 0.15) is 5.54 Å². The second-order valence-corrected chi connectivity index (χ2v) is 5.96. The van der Waals surface area contributed by atoms with Crippen molar-refractivity contribution in [3.05, 3.63) is 47.8 Å². The lowest BCUT2D eigenvalue weighted by molar-refractivity contribution is -0.148. The molecule has 2 aromatic rings. The molecule has 1 aromatic heterocycles. The van der Waals surface area contributed by atoms with E-state index >= 15 is 0 Å². The minimum Gasteiger partial charge on any atom is -0.480 e. The van der Waals surface area contributed by atoms with Gasteiger partial charge in [0.2, 0.25) is 0 Å². The van der Waals surface area contributed by atoms with Crippen molar-refractivity contribution in [2.75, 3.05) is 13.2 Å². The van der Waals surface area contributed by atoms with Crippen LogP contribution in [0.15, 0.2) is 36.7 Å². The number of nitrogens with one attached hydrogen (secondary N) is 1. The van der Waals surface area contributed by atoms with E-state index in [1.165, 1.54) is 0 Å². The molecule has 1 fully saturated rings. The van der Waals surface area contributed by atoms with Crippen molar-refractivity contribution in [3.8, 4) is 5.69 Å². The predicted octanol–water partition coefficient (Wildman–Crippen LogP) is 1.54. The Morgan fingerprint density at radius 2 is 1.92 bits per heavy atom.